The quantitative estimate of drug-likeness (QED) is 0.162. The number of benzene rings is 9. The number of thiophene rings is 1. The summed E-state index contributed by atoms with van der Waals surface area (Å²) in [5.74, 6) is 0.723. The Balaban J connectivity index is 1.04. The predicted octanol–water partition coefficient (Wildman–Crippen LogP) is 15.3. The molecule has 0 aliphatic heterocycles. The Labute approximate surface area is 340 Å². The summed E-state index contributed by atoms with van der Waals surface area (Å²) in [6.07, 6.45) is 0. The monoisotopic (exact) mass is 757 g/mol. The number of hydrogen-bond acceptors (Lipinski definition) is 4. The van der Waals surface area contributed by atoms with Crippen molar-refractivity contribution >= 4 is 70.1 Å². The van der Waals surface area contributed by atoms with E-state index >= 15 is 0 Å². The van der Waals surface area contributed by atoms with Gasteiger partial charge in [-0.1, -0.05) is 164 Å². The van der Waals surface area contributed by atoms with Crippen molar-refractivity contribution in [3.63, 3.8) is 0 Å². The van der Waals surface area contributed by atoms with E-state index < -0.39 is 0 Å². The third-order valence-electron chi connectivity index (χ3n) is 11.1. The number of hydrogen-bond donors (Lipinski definition) is 0. The summed E-state index contributed by atoms with van der Waals surface area (Å²) in [7, 11) is 0. The number of fused-ring (bicyclic) bond motifs is 5. The van der Waals surface area contributed by atoms with E-state index in [1.807, 2.05) is 17.4 Å². The van der Waals surface area contributed by atoms with Crippen LogP contribution in [0.5, 0.6) is 0 Å². The highest BCUT2D eigenvalue weighted by Gasteiger charge is 2.19. The first kappa shape index (κ1) is 33.9. The molecule has 0 aliphatic carbocycles. The minimum atomic E-state index is 0.723. The SMILES string of the molecule is c1ccc(-c2cc(-c3cccc4ccccc34)nc(-c3cccc4sc5cc(-c6cccc(N(c7ccccc7)c7cccc8ccccc78)c6)ccc5c34)n2)cc1. The van der Waals surface area contributed by atoms with Gasteiger partial charge in [-0.05, 0) is 75.8 Å². The second-order valence-electron chi connectivity index (χ2n) is 14.6. The van der Waals surface area contributed by atoms with E-state index in [9.17, 15) is 0 Å². The Kier molecular flexibility index (Phi) is 8.34. The highest BCUT2D eigenvalue weighted by molar-refractivity contribution is 7.26. The minimum absolute atomic E-state index is 0.723. The third-order valence-corrected chi connectivity index (χ3v) is 12.2. The second kappa shape index (κ2) is 14.3. The fourth-order valence-corrected chi connectivity index (χ4v) is 9.51. The van der Waals surface area contributed by atoms with E-state index in [2.05, 4.69) is 211 Å². The zero-order chi connectivity index (χ0) is 38.4. The van der Waals surface area contributed by atoms with Gasteiger partial charge in [0, 0.05) is 53.6 Å². The molecule has 0 radical (unpaired) electrons. The average Bonchev–Trinajstić information content (AvgIpc) is 3.68. The molecule has 0 saturated heterocycles. The highest BCUT2D eigenvalue weighted by atomic mass is 32.1. The summed E-state index contributed by atoms with van der Waals surface area (Å²) in [6, 6.07) is 75.6. The van der Waals surface area contributed by atoms with E-state index in [1.165, 1.54) is 47.3 Å². The van der Waals surface area contributed by atoms with Crippen molar-refractivity contribution in [3.05, 3.63) is 212 Å². The van der Waals surface area contributed by atoms with E-state index in [4.69, 9.17) is 9.97 Å². The lowest BCUT2D eigenvalue weighted by Gasteiger charge is -2.27. The topological polar surface area (TPSA) is 29.0 Å². The van der Waals surface area contributed by atoms with Gasteiger partial charge in [0.15, 0.2) is 5.82 Å². The first-order chi connectivity index (χ1) is 28.7. The molecule has 58 heavy (non-hydrogen) atoms. The summed E-state index contributed by atoms with van der Waals surface area (Å²) in [5, 5.41) is 7.18. The van der Waals surface area contributed by atoms with Crippen molar-refractivity contribution in [1.82, 2.24) is 9.97 Å². The van der Waals surface area contributed by atoms with Gasteiger partial charge in [0.05, 0.1) is 17.1 Å². The maximum atomic E-state index is 5.34. The Morgan fingerprint density at radius 3 is 1.81 bits per heavy atom. The van der Waals surface area contributed by atoms with Crippen LogP contribution < -0.4 is 4.90 Å². The summed E-state index contributed by atoms with van der Waals surface area (Å²) in [5.41, 5.74) is 10.7. The summed E-state index contributed by atoms with van der Waals surface area (Å²) < 4.78 is 2.44. The van der Waals surface area contributed by atoms with Gasteiger partial charge >= 0.3 is 0 Å². The fraction of sp³-hybridized carbons (Fsp3) is 0. The van der Waals surface area contributed by atoms with Gasteiger partial charge in [-0.25, -0.2) is 9.97 Å². The standard InChI is InChI=1S/C54H35N3S/c1-3-17-38(18-4-1)48-35-49(45-27-12-19-36-15-7-9-25-43(36)45)56-54(55-48)47-28-14-30-51-53(47)46-32-31-40(34-52(46)58-51)39-21-11-24-42(33-39)57(41-22-5-2-6-23-41)50-29-13-20-37-16-8-10-26-44(37)50/h1-35H. The van der Waals surface area contributed by atoms with Crippen molar-refractivity contribution in [3.8, 4) is 45.0 Å². The molecule has 2 heterocycles. The predicted molar refractivity (Wildman–Crippen MR) is 246 cm³/mol. The molecule has 3 nitrogen and oxygen atoms in total. The molecule has 0 amide bonds. The lowest BCUT2D eigenvalue weighted by Crippen LogP contribution is -2.10. The van der Waals surface area contributed by atoms with Gasteiger partial charge in [0.25, 0.3) is 0 Å². The zero-order valence-corrected chi connectivity index (χ0v) is 32.3. The lowest BCUT2D eigenvalue weighted by atomic mass is 9.99. The molecular weight excluding hydrogens is 723 g/mol. The Bertz CT molecular complexity index is 3290. The van der Waals surface area contributed by atoms with E-state index in [1.54, 1.807) is 0 Å². The molecule has 9 aromatic carbocycles. The maximum Gasteiger partial charge on any atom is 0.161 e. The van der Waals surface area contributed by atoms with E-state index in [0.29, 0.717) is 0 Å². The Morgan fingerprint density at radius 2 is 0.966 bits per heavy atom. The molecule has 0 atom stereocenters. The largest absolute Gasteiger partial charge is 0.310 e. The highest BCUT2D eigenvalue weighted by Crippen LogP contribution is 2.44. The van der Waals surface area contributed by atoms with Gasteiger partial charge in [-0.15, -0.1) is 11.3 Å². The zero-order valence-electron chi connectivity index (χ0n) is 31.5. The molecule has 0 fully saturated rings. The van der Waals surface area contributed by atoms with Crippen molar-refractivity contribution in [2.24, 2.45) is 0 Å². The lowest BCUT2D eigenvalue weighted by molar-refractivity contribution is 1.19. The average molecular weight is 758 g/mol. The normalized spacial score (nSPS) is 11.4. The molecule has 0 spiro atoms. The number of anilines is 3. The van der Waals surface area contributed by atoms with Crippen LogP contribution in [0.4, 0.5) is 17.1 Å². The molecule has 2 aromatic heterocycles. The molecule has 0 aliphatic rings. The third kappa shape index (κ3) is 5.99. The molecule has 0 N–H and O–H groups in total. The van der Waals surface area contributed by atoms with E-state index in [0.717, 1.165) is 56.5 Å². The van der Waals surface area contributed by atoms with Crippen molar-refractivity contribution in [2.75, 3.05) is 4.90 Å². The van der Waals surface area contributed by atoms with Gasteiger partial charge in [-0.2, -0.15) is 0 Å². The van der Waals surface area contributed by atoms with Gasteiger partial charge < -0.3 is 4.90 Å². The fourth-order valence-electron chi connectivity index (χ4n) is 8.34. The Morgan fingerprint density at radius 1 is 0.362 bits per heavy atom. The number of rotatable bonds is 7. The molecule has 272 valence electrons. The summed E-state index contributed by atoms with van der Waals surface area (Å²) in [6.45, 7) is 0. The van der Waals surface area contributed by atoms with Crippen LogP contribution in [0.3, 0.4) is 0 Å². The molecule has 11 aromatic rings. The van der Waals surface area contributed by atoms with Crippen LogP contribution in [0.2, 0.25) is 0 Å². The van der Waals surface area contributed by atoms with Crippen LogP contribution in [0, 0.1) is 0 Å². The van der Waals surface area contributed by atoms with Crippen LogP contribution in [0.1, 0.15) is 0 Å². The first-order valence-electron chi connectivity index (χ1n) is 19.6. The van der Waals surface area contributed by atoms with Crippen molar-refractivity contribution < 1.29 is 0 Å². The van der Waals surface area contributed by atoms with Crippen LogP contribution in [0.25, 0.3) is 86.7 Å². The van der Waals surface area contributed by atoms with Crippen LogP contribution in [-0.2, 0) is 0 Å². The molecule has 0 unspecified atom stereocenters. The van der Waals surface area contributed by atoms with E-state index in [-0.39, 0.29) is 0 Å². The smallest absolute Gasteiger partial charge is 0.161 e. The molecule has 0 bridgehead atoms. The molecule has 4 heteroatoms. The second-order valence-corrected chi connectivity index (χ2v) is 15.6. The van der Waals surface area contributed by atoms with Crippen molar-refractivity contribution in [1.29, 1.82) is 0 Å². The van der Waals surface area contributed by atoms with Crippen LogP contribution in [0.15, 0.2) is 212 Å². The number of para-hydroxylation sites is 1. The van der Waals surface area contributed by atoms with Gasteiger partial charge in [-0.3, -0.25) is 0 Å². The molecule has 0 saturated carbocycles. The first-order valence-corrected chi connectivity index (χ1v) is 20.4. The number of nitrogens with zero attached hydrogens (tertiary/aromatic N) is 3. The van der Waals surface area contributed by atoms with Crippen LogP contribution in [-0.4, -0.2) is 9.97 Å². The maximum absolute atomic E-state index is 5.34. The Hall–Kier alpha value is -7.40. The van der Waals surface area contributed by atoms with Gasteiger partial charge in [0.1, 0.15) is 0 Å². The molecule has 11 rings (SSSR count). The van der Waals surface area contributed by atoms with Gasteiger partial charge in [0.2, 0.25) is 0 Å². The van der Waals surface area contributed by atoms with Crippen LogP contribution >= 0.6 is 11.3 Å². The minimum Gasteiger partial charge on any atom is -0.310 e. The summed E-state index contributed by atoms with van der Waals surface area (Å²) in [4.78, 5) is 13.0. The molecular formula is C54H35N3S. The summed E-state index contributed by atoms with van der Waals surface area (Å²) >= 11 is 1.82. The van der Waals surface area contributed by atoms with Crippen molar-refractivity contribution in [2.45, 2.75) is 0 Å². The number of aromatic nitrogens is 2.